The van der Waals surface area contributed by atoms with Gasteiger partial charge in [0.15, 0.2) is 5.92 Å². The van der Waals surface area contributed by atoms with E-state index in [1.165, 1.54) is 5.56 Å². The minimum Gasteiger partial charge on any atom is -0.360 e. The highest BCUT2D eigenvalue weighted by molar-refractivity contribution is 6.00. The molecule has 1 heterocycles. The average Bonchev–Trinajstić information content (AvgIpc) is 3.06. The summed E-state index contributed by atoms with van der Waals surface area (Å²) in [5, 5.41) is 14.3. The molecule has 3 rings (SSSR count). The van der Waals surface area contributed by atoms with Crippen LogP contribution < -0.4 is 5.43 Å². The third kappa shape index (κ3) is 3.43. The maximum Gasteiger partial charge on any atom is 0.261 e. The first-order valence-electron chi connectivity index (χ1n) is 8.11. The SMILES string of the molecule is CCc1cccc2c(/C=N\NC(=O)[C@@H](C#N)c3ccccc3)c[nH]c12. The van der Waals surface area contributed by atoms with Crippen LogP contribution in [0.2, 0.25) is 0 Å². The van der Waals surface area contributed by atoms with Crippen molar-refractivity contribution < 1.29 is 4.79 Å². The van der Waals surface area contributed by atoms with Gasteiger partial charge in [0.1, 0.15) is 0 Å². The zero-order chi connectivity index (χ0) is 17.6. The van der Waals surface area contributed by atoms with Gasteiger partial charge in [-0.3, -0.25) is 4.79 Å². The van der Waals surface area contributed by atoms with Gasteiger partial charge in [-0.2, -0.15) is 10.4 Å². The van der Waals surface area contributed by atoms with E-state index in [1.54, 1.807) is 30.5 Å². The van der Waals surface area contributed by atoms with Gasteiger partial charge in [0, 0.05) is 22.7 Å². The van der Waals surface area contributed by atoms with Gasteiger partial charge < -0.3 is 4.98 Å². The Labute approximate surface area is 146 Å². The van der Waals surface area contributed by atoms with E-state index in [0.29, 0.717) is 5.56 Å². The maximum absolute atomic E-state index is 12.2. The molecular weight excluding hydrogens is 312 g/mol. The predicted octanol–water partition coefficient (Wildman–Crippen LogP) is 3.49. The van der Waals surface area contributed by atoms with E-state index >= 15 is 0 Å². The highest BCUT2D eigenvalue weighted by Crippen LogP contribution is 2.21. The van der Waals surface area contributed by atoms with Crippen molar-refractivity contribution >= 4 is 23.0 Å². The Bertz CT molecular complexity index is 951. The molecule has 2 N–H and O–H groups in total. The molecule has 1 amide bonds. The number of hydrazone groups is 1. The lowest BCUT2D eigenvalue weighted by molar-refractivity contribution is -0.121. The Kier molecular flexibility index (Phi) is 4.91. The molecular formula is C20H18N4O. The number of para-hydroxylation sites is 1. The van der Waals surface area contributed by atoms with E-state index in [0.717, 1.165) is 22.9 Å². The van der Waals surface area contributed by atoms with Gasteiger partial charge in [0.25, 0.3) is 5.91 Å². The average molecular weight is 330 g/mol. The predicted molar refractivity (Wildman–Crippen MR) is 98.2 cm³/mol. The lowest BCUT2D eigenvalue weighted by Gasteiger charge is -2.06. The summed E-state index contributed by atoms with van der Waals surface area (Å²) in [6, 6.07) is 17.1. The number of carbonyl (C=O) groups excluding carboxylic acids is 1. The molecule has 0 bridgehead atoms. The van der Waals surface area contributed by atoms with E-state index in [1.807, 2.05) is 30.5 Å². The molecule has 124 valence electrons. The molecule has 3 aromatic rings. The van der Waals surface area contributed by atoms with Gasteiger partial charge >= 0.3 is 0 Å². The van der Waals surface area contributed by atoms with Crippen LogP contribution in [0, 0.1) is 11.3 Å². The minimum atomic E-state index is -0.881. The molecule has 0 saturated heterocycles. The summed E-state index contributed by atoms with van der Waals surface area (Å²) < 4.78 is 0. The van der Waals surface area contributed by atoms with Crippen LogP contribution in [0.4, 0.5) is 0 Å². The first-order chi connectivity index (χ1) is 12.2. The number of aromatic amines is 1. The Morgan fingerprint density at radius 1 is 1.28 bits per heavy atom. The molecule has 0 fully saturated rings. The third-order valence-corrected chi connectivity index (χ3v) is 4.12. The molecule has 0 radical (unpaired) electrons. The van der Waals surface area contributed by atoms with E-state index in [9.17, 15) is 10.1 Å². The fourth-order valence-corrected chi connectivity index (χ4v) is 2.80. The van der Waals surface area contributed by atoms with Gasteiger partial charge in [-0.15, -0.1) is 0 Å². The number of nitriles is 1. The molecule has 0 spiro atoms. The number of rotatable bonds is 5. The van der Waals surface area contributed by atoms with Crippen LogP contribution in [0.15, 0.2) is 59.8 Å². The third-order valence-electron chi connectivity index (χ3n) is 4.12. The zero-order valence-corrected chi connectivity index (χ0v) is 13.9. The number of carbonyl (C=O) groups is 1. The fraction of sp³-hybridized carbons (Fsp3) is 0.150. The Balaban J connectivity index is 1.75. The van der Waals surface area contributed by atoms with Crippen molar-refractivity contribution in [3.8, 4) is 6.07 Å². The summed E-state index contributed by atoms with van der Waals surface area (Å²) in [5.41, 5.74) is 6.31. The van der Waals surface area contributed by atoms with Crippen molar-refractivity contribution in [3.63, 3.8) is 0 Å². The van der Waals surface area contributed by atoms with Crippen LogP contribution in [0.3, 0.4) is 0 Å². The van der Waals surface area contributed by atoms with Gasteiger partial charge in [-0.25, -0.2) is 5.43 Å². The largest absolute Gasteiger partial charge is 0.360 e. The summed E-state index contributed by atoms with van der Waals surface area (Å²) >= 11 is 0. The first-order valence-corrected chi connectivity index (χ1v) is 8.11. The molecule has 0 aliphatic heterocycles. The van der Waals surface area contributed by atoms with Crippen molar-refractivity contribution in [2.45, 2.75) is 19.3 Å². The van der Waals surface area contributed by atoms with Crippen molar-refractivity contribution in [1.29, 1.82) is 5.26 Å². The normalized spacial score (nSPS) is 12.2. The maximum atomic E-state index is 12.2. The fourth-order valence-electron chi connectivity index (χ4n) is 2.80. The second-order valence-electron chi connectivity index (χ2n) is 5.64. The molecule has 25 heavy (non-hydrogen) atoms. The van der Waals surface area contributed by atoms with Crippen molar-refractivity contribution in [1.82, 2.24) is 10.4 Å². The van der Waals surface area contributed by atoms with Crippen molar-refractivity contribution in [2.75, 3.05) is 0 Å². The second kappa shape index (κ2) is 7.45. The standard InChI is InChI=1S/C20H18N4O/c1-2-14-9-6-10-17-16(12-22-19(14)17)13-23-24-20(25)18(11-21)15-7-4-3-5-8-15/h3-10,12-13,18,22H,2H2,1H3,(H,24,25)/b23-13-/t18-/m0/s1. The molecule has 0 unspecified atom stereocenters. The van der Waals surface area contributed by atoms with E-state index in [2.05, 4.69) is 28.5 Å². The number of aryl methyl sites for hydroxylation is 1. The second-order valence-corrected chi connectivity index (χ2v) is 5.64. The number of amides is 1. The van der Waals surface area contributed by atoms with Crippen LogP contribution >= 0.6 is 0 Å². The smallest absolute Gasteiger partial charge is 0.261 e. The van der Waals surface area contributed by atoms with Gasteiger partial charge in [-0.05, 0) is 17.5 Å². The number of H-pyrrole nitrogens is 1. The molecule has 5 nitrogen and oxygen atoms in total. The number of aromatic nitrogens is 1. The molecule has 5 heteroatoms. The van der Waals surface area contributed by atoms with Crippen LogP contribution in [-0.4, -0.2) is 17.1 Å². The van der Waals surface area contributed by atoms with Crippen molar-refractivity contribution in [2.24, 2.45) is 5.10 Å². The van der Waals surface area contributed by atoms with Crippen LogP contribution in [-0.2, 0) is 11.2 Å². The molecule has 2 aromatic carbocycles. The number of nitrogens with one attached hydrogen (secondary N) is 2. The van der Waals surface area contributed by atoms with E-state index in [-0.39, 0.29) is 0 Å². The topological polar surface area (TPSA) is 81.0 Å². The van der Waals surface area contributed by atoms with Gasteiger partial charge in [0.2, 0.25) is 0 Å². The minimum absolute atomic E-state index is 0.445. The molecule has 1 atom stereocenters. The van der Waals surface area contributed by atoms with Crippen molar-refractivity contribution in [3.05, 3.63) is 71.4 Å². The quantitative estimate of drug-likeness (QED) is 0.554. The van der Waals surface area contributed by atoms with Gasteiger partial charge in [-0.1, -0.05) is 55.5 Å². The van der Waals surface area contributed by atoms with Gasteiger partial charge in [0.05, 0.1) is 12.3 Å². The summed E-state index contributed by atoms with van der Waals surface area (Å²) in [7, 11) is 0. The van der Waals surface area contributed by atoms with Crippen LogP contribution in [0.25, 0.3) is 10.9 Å². The highest BCUT2D eigenvalue weighted by atomic mass is 16.2. The number of benzene rings is 2. The Morgan fingerprint density at radius 2 is 2.08 bits per heavy atom. The number of hydrogen-bond donors (Lipinski definition) is 2. The number of nitrogens with zero attached hydrogens (tertiary/aromatic N) is 2. The summed E-state index contributed by atoms with van der Waals surface area (Å²) in [6.45, 7) is 2.11. The monoisotopic (exact) mass is 330 g/mol. The molecule has 0 aliphatic rings. The Morgan fingerprint density at radius 3 is 2.80 bits per heavy atom. The van der Waals surface area contributed by atoms with E-state index in [4.69, 9.17) is 0 Å². The Hall–Kier alpha value is -3.39. The summed E-state index contributed by atoms with van der Waals surface area (Å²) in [4.78, 5) is 15.5. The lowest BCUT2D eigenvalue weighted by Crippen LogP contribution is -2.24. The van der Waals surface area contributed by atoms with E-state index < -0.39 is 11.8 Å². The molecule has 1 aromatic heterocycles. The summed E-state index contributed by atoms with van der Waals surface area (Å²) in [5.74, 6) is -1.33. The number of hydrogen-bond acceptors (Lipinski definition) is 3. The number of fused-ring (bicyclic) bond motifs is 1. The van der Waals surface area contributed by atoms with Crippen LogP contribution in [0.5, 0.6) is 0 Å². The molecule has 0 saturated carbocycles. The summed E-state index contributed by atoms with van der Waals surface area (Å²) in [6.07, 6.45) is 4.39. The lowest BCUT2D eigenvalue weighted by atomic mass is 10.0. The first kappa shape index (κ1) is 16.5. The van der Waals surface area contributed by atoms with Crippen LogP contribution in [0.1, 0.15) is 29.5 Å². The highest BCUT2D eigenvalue weighted by Gasteiger charge is 2.19. The molecule has 0 aliphatic carbocycles. The zero-order valence-electron chi connectivity index (χ0n) is 13.9.